The van der Waals surface area contributed by atoms with E-state index < -0.39 is 0 Å². The first-order valence-electron chi connectivity index (χ1n) is 10.6. The van der Waals surface area contributed by atoms with Crippen molar-refractivity contribution in [2.24, 2.45) is 0 Å². The molecule has 0 saturated carbocycles. The Morgan fingerprint density at radius 1 is 0.833 bits per heavy atom. The highest BCUT2D eigenvalue weighted by atomic mass is 16.2. The number of amides is 3. The highest BCUT2D eigenvalue weighted by molar-refractivity contribution is 6.01. The van der Waals surface area contributed by atoms with Crippen LogP contribution in [0.5, 0.6) is 0 Å². The molecule has 2 saturated heterocycles. The molecule has 0 unspecified atom stereocenters. The highest BCUT2D eigenvalue weighted by Gasteiger charge is 2.28. The maximum Gasteiger partial charge on any atom is 0.251 e. The lowest BCUT2D eigenvalue weighted by Crippen LogP contribution is -2.44. The highest BCUT2D eigenvalue weighted by Crippen LogP contribution is 2.17. The van der Waals surface area contributed by atoms with Gasteiger partial charge in [0, 0.05) is 44.1 Å². The number of likely N-dealkylation sites (tertiary alicyclic amines) is 2. The fourth-order valence-electron chi connectivity index (χ4n) is 4.09. The van der Waals surface area contributed by atoms with E-state index >= 15 is 0 Å². The fourth-order valence-corrected chi connectivity index (χ4v) is 4.09. The fraction of sp³-hybridized carbons (Fsp3) is 0.375. The number of piperidine rings is 1. The lowest BCUT2D eigenvalue weighted by molar-refractivity contribution is -0.139. The second-order valence-corrected chi connectivity index (χ2v) is 8.08. The third kappa shape index (κ3) is 4.94. The van der Waals surface area contributed by atoms with Gasteiger partial charge in [0.15, 0.2) is 0 Å². The lowest BCUT2D eigenvalue weighted by atomic mass is 10.0. The van der Waals surface area contributed by atoms with Crippen molar-refractivity contribution in [2.75, 3.05) is 13.1 Å². The minimum atomic E-state index is -0.125. The van der Waals surface area contributed by atoms with Crippen LogP contribution in [0.1, 0.15) is 47.2 Å². The van der Waals surface area contributed by atoms with Gasteiger partial charge in [-0.05, 0) is 36.1 Å². The molecule has 1 N–H and O–H groups in total. The Kier molecular flexibility index (Phi) is 6.23. The molecule has 0 spiro atoms. The van der Waals surface area contributed by atoms with Gasteiger partial charge in [0.1, 0.15) is 0 Å². The van der Waals surface area contributed by atoms with Crippen molar-refractivity contribution in [1.29, 1.82) is 0 Å². The molecule has 2 fully saturated rings. The van der Waals surface area contributed by atoms with E-state index in [-0.39, 0.29) is 30.3 Å². The van der Waals surface area contributed by atoms with E-state index in [1.807, 2.05) is 18.2 Å². The van der Waals surface area contributed by atoms with Crippen LogP contribution >= 0.6 is 0 Å². The molecular formula is C24H27N3O3. The first kappa shape index (κ1) is 20.3. The van der Waals surface area contributed by atoms with Gasteiger partial charge in [-0.2, -0.15) is 0 Å². The van der Waals surface area contributed by atoms with Crippen molar-refractivity contribution in [1.82, 2.24) is 15.1 Å². The second-order valence-electron chi connectivity index (χ2n) is 8.08. The number of hydrogen-bond donors (Lipinski definition) is 1. The summed E-state index contributed by atoms with van der Waals surface area (Å²) in [6.07, 6.45) is 2.47. The maximum absolute atomic E-state index is 12.6. The molecule has 0 atom stereocenters. The van der Waals surface area contributed by atoms with Gasteiger partial charge in [-0.3, -0.25) is 24.2 Å². The summed E-state index contributed by atoms with van der Waals surface area (Å²) in [6, 6.07) is 17.8. The molecule has 30 heavy (non-hydrogen) atoms. The molecule has 3 amide bonds. The number of hydrogen-bond acceptors (Lipinski definition) is 4. The van der Waals surface area contributed by atoms with Crippen molar-refractivity contribution < 1.29 is 14.4 Å². The summed E-state index contributed by atoms with van der Waals surface area (Å²) in [5.41, 5.74) is 2.77. The zero-order valence-electron chi connectivity index (χ0n) is 17.0. The molecule has 6 heteroatoms. The van der Waals surface area contributed by atoms with Gasteiger partial charge < -0.3 is 5.32 Å². The number of nitrogens with zero attached hydrogens (tertiary/aromatic N) is 2. The van der Waals surface area contributed by atoms with Crippen molar-refractivity contribution >= 4 is 17.7 Å². The Hall–Kier alpha value is -2.99. The zero-order valence-corrected chi connectivity index (χ0v) is 17.0. The number of carbonyl (C=O) groups is 3. The molecule has 0 bridgehead atoms. The summed E-state index contributed by atoms with van der Waals surface area (Å²) in [6.45, 7) is 3.16. The van der Waals surface area contributed by atoms with Gasteiger partial charge in [0.05, 0.1) is 6.54 Å². The summed E-state index contributed by atoms with van der Waals surface area (Å²) >= 11 is 0. The predicted octanol–water partition coefficient (Wildman–Crippen LogP) is 2.73. The van der Waals surface area contributed by atoms with E-state index in [4.69, 9.17) is 0 Å². The normalized spacial score (nSPS) is 18.1. The van der Waals surface area contributed by atoms with Crippen LogP contribution in [0.4, 0.5) is 0 Å². The largest absolute Gasteiger partial charge is 0.349 e. The minimum Gasteiger partial charge on any atom is -0.349 e. The molecule has 0 aromatic heterocycles. The smallest absolute Gasteiger partial charge is 0.251 e. The molecule has 0 radical (unpaired) electrons. The summed E-state index contributed by atoms with van der Waals surface area (Å²) in [7, 11) is 0. The number of carbonyl (C=O) groups excluding carboxylic acids is 3. The van der Waals surface area contributed by atoms with E-state index in [0.29, 0.717) is 18.4 Å². The Morgan fingerprint density at radius 3 is 2.07 bits per heavy atom. The number of rotatable bonds is 6. The van der Waals surface area contributed by atoms with Gasteiger partial charge >= 0.3 is 0 Å². The Balaban J connectivity index is 1.25. The summed E-state index contributed by atoms with van der Waals surface area (Å²) in [5, 5.41) is 3.14. The van der Waals surface area contributed by atoms with Crippen molar-refractivity contribution in [3.8, 4) is 0 Å². The quantitative estimate of drug-likeness (QED) is 0.751. The SMILES string of the molecule is O=C(NC1CCN(Cc2ccccc2)CC1)c1ccc(CN2C(=O)CCC2=O)cc1. The third-order valence-corrected chi connectivity index (χ3v) is 5.88. The molecule has 2 aromatic rings. The summed E-state index contributed by atoms with van der Waals surface area (Å²) in [5.74, 6) is -0.322. The van der Waals surface area contributed by atoms with Crippen LogP contribution in [0, 0.1) is 0 Å². The van der Waals surface area contributed by atoms with Gasteiger partial charge in [0.2, 0.25) is 11.8 Å². The van der Waals surface area contributed by atoms with Crippen LogP contribution in [0.15, 0.2) is 54.6 Å². The van der Waals surface area contributed by atoms with Crippen molar-refractivity contribution in [3.05, 3.63) is 71.3 Å². The molecule has 2 aliphatic rings. The zero-order chi connectivity index (χ0) is 20.9. The van der Waals surface area contributed by atoms with E-state index in [9.17, 15) is 14.4 Å². The average molecular weight is 405 g/mol. The van der Waals surface area contributed by atoms with E-state index in [1.165, 1.54) is 10.5 Å². The number of imide groups is 1. The Labute approximate surface area is 176 Å². The molecule has 2 aliphatic heterocycles. The second kappa shape index (κ2) is 9.22. The number of nitrogens with one attached hydrogen (secondary N) is 1. The van der Waals surface area contributed by atoms with Crippen molar-refractivity contribution in [2.45, 2.75) is 44.8 Å². The lowest BCUT2D eigenvalue weighted by Gasteiger charge is -2.32. The minimum absolute atomic E-state index is 0.0728. The molecule has 6 nitrogen and oxygen atoms in total. The van der Waals surface area contributed by atoms with Crippen LogP contribution in [-0.2, 0) is 22.7 Å². The molecular weight excluding hydrogens is 378 g/mol. The maximum atomic E-state index is 12.6. The van der Waals surface area contributed by atoms with Crippen LogP contribution in [0.3, 0.4) is 0 Å². The molecule has 2 aromatic carbocycles. The van der Waals surface area contributed by atoms with Gasteiger partial charge in [-0.1, -0.05) is 42.5 Å². The first-order valence-corrected chi connectivity index (χ1v) is 10.6. The first-order chi connectivity index (χ1) is 14.6. The average Bonchev–Trinajstić information content (AvgIpc) is 3.08. The van der Waals surface area contributed by atoms with Gasteiger partial charge in [-0.15, -0.1) is 0 Å². The van der Waals surface area contributed by atoms with Gasteiger partial charge in [-0.25, -0.2) is 0 Å². The van der Waals surface area contributed by atoms with E-state index in [1.54, 1.807) is 12.1 Å². The Morgan fingerprint density at radius 2 is 1.43 bits per heavy atom. The molecule has 4 rings (SSSR count). The van der Waals surface area contributed by atoms with Gasteiger partial charge in [0.25, 0.3) is 5.91 Å². The monoisotopic (exact) mass is 405 g/mol. The van der Waals surface area contributed by atoms with Crippen LogP contribution in [-0.4, -0.2) is 46.7 Å². The van der Waals surface area contributed by atoms with Crippen LogP contribution in [0.25, 0.3) is 0 Å². The van der Waals surface area contributed by atoms with Crippen LogP contribution in [0.2, 0.25) is 0 Å². The predicted molar refractivity (Wildman–Crippen MR) is 113 cm³/mol. The molecule has 2 heterocycles. The molecule has 156 valence electrons. The van der Waals surface area contributed by atoms with Crippen molar-refractivity contribution in [3.63, 3.8) is 0 Å². The van der Waals surface area contributed by atoms with E-state index in [2.05, 4.69) is 34.5 Å². The third-order valence-electron chi connectivity index (χ3n) is 5.88. The topological polar surface area (TPSA) is 69.7 Å². The summed E-state index contributed by atoms with van der Waals surface area (Å²) < 4.78 is 0. The summed E-state index contributed by atoms with van der Waals surface area (Å²) in [4.78, 5) is 39.8. The van der Waals surface area contributed by atoms with E-state index in [0.717, 1.165) is 38.0 Å². The number of benzene rings is 2. The molecule has 0 aliphatic carbocycles. The van der Waals surface area contributed by atoms with Crippen LogP contribution < -0.4 is 5.32 Å². The standard InChI is InChI=1S/C24H27N3O3/c28-22-10-11-23(29)27(22)17-19-6-8-20(9-7-19)24(30)25-21-12-14-26(15-13-21)16-18-4-2-1-3-5-18/h1-9,21H,10-17H2,(H,25,30). The Bertz CT molecular complexity index is 887.